The molecule has 1 fully saturated rings. The normalized spacial score (nSPS) is 22.9. The predicted octanol–water partition coefficient (Wildman–Crippen LogP) is 2.38. The molecule has 0 aromatic carbocycles. The van der Waals surface area contributed by atoms with E-state index in [-0.39, 0.29) is 11.9 Å². The van der Waals surface area contributed by atoms with E-state index in [9.17, 15) is 4.79 Å². The quantitative estimate of drug-likeness (QED) is 0.896. The minimum atomic E-state index is -0.193. The maximum Gasteiger partial charge on any atom is 0.271 e. The van der Waals surface area contributed by atoms with E-state index >= 15 is 0 Å². The molecule has 1 aromatic rings. The Labute approximate surface area is 131 Å². The topological polar surface area (TPSA) is 57.3 Å². The number of hydrogen-bond acceptors (Lipinski definition) is 4. The maximum absolute atomic E-state index is 12.4. The molecule has 2 rings (SSSR count). The summed E-state index contributed by atoms with van der Waals surface area (Å²) in [5, 5.41) is 6.53. The summed E-state index contributed by atoms with van der Waals surface area (Å²) in [6, 6.07) is 4.14. The fourth-order valence-electron chi connectivity index (χ4n) is 2.56. The molecule has 0 saturated carbocycles. The Kier molecular flexibility index (Phi) is 5.42. The molecule has 1 aliphatic rings. The molecule has 2 unspecified atom stereocenters. The predicted molar refractivity (Wildman–Crippen MR) is 86.0 cm³/mol. The monoisotopic (exact) mass is 310 g/mol. The van der Waals surface area contributed by atoms with Gasteiger partial charge in [0.15, 0.2) is 0 Å². The molecule has 116 valence electrons. The van der Waals surface area contributed by atoms with Crippen LogP contribution in [0.25, 0.3) is 0 Å². The van der Waals surface area contributed by atoms with Gasteiger partial charge in [-0.2, -0.15) is 0 Å². The summed E-state index contributed by atoms with van der Waals surface area (Å²) in [7, 11) is 2.11. The molecule has 1 saturated heterocycles. The van der Waals surface area contributed by atoms with Crippen LogP contribution >= 0.6 is 11.6 Å². The van der Waals surface area contributed by atoms with E-state index in [0.717, 1.165) is 25.9 Å². The van der Waals surface area contributed by atoms with Crippen LogP contribution in [0.1, 0.15) is 37.2 Å². The number of halogens is 1. The van der Waals surface area contributed by atoms with Crippen LogP contribution in [-0.4, -0.2) is 48.0 Å². The van der Waals surface area contributed by atoms with Crippen molar-refractivity contribution in [2.24, 2.45) is 0 Å². The zero-order valence-corrected chi connectivity index (χ0v) is 13.6. The number of rotatable bonds is 4. The number of hydrogen-bond donors (Lipinski definition) is 2. The van der Waals surface area contributed by atoms with Crippen LogP contribution in [0.4, 0.5) is 5.82 Å². The van der Waals surface area contributed by atoms with Gasteiger partial charge in [0.25, 0.3) is 5.91 Å². The second-order valence-electron chi connectivity index (χ2n) is 5.58. The second kappa shape index (κ2) is 7.09. The van der Waals surface area contributed by atoms with Crippen LogP contribution in [0, 0.1) is 0 Å². The van der Waals surface area contributed by atoms with Crippen LogP contribution in [0.5, 0.6) is 0 Å². The lowest BCUT2D eigenvalue weighted by Gasteiger charge is -2.35. The van der Waals surface area contributed by atoms with Crippen molar-refractivity contribution >= 4 is 23.3 Å². The van der Waals surface area contributed by atoms with Crippen molar-refractivity contribution in [1.29, 1.82) is 0 Å². The number of pyridine rings is 1. The van der Waals surface area contributed by atoms with Gasteiger partial charge in [-0.25, -0.2) is 4.98 Å². The van der Waals surface area contributed by atoms with Gasteiger partial charge in [-0.15, -0.1) is 0 Å². The van der Waals surface area contributed by atoms with Crippen LogP contribution in [0.3, 0.4) is 0 Å². The summed E-state index contributed by atoms with van der Waals surface area (Å²) in [4.78, 5) is 19.0. The molecule has 0 bridgehead atoms. The number of amides is 1. The third-order valence-electron chi connectivity index (χ3n) is 3.96. The summed E-state index contributed by atoms with van der Waals surface area (Å²) in [5.41, 5.74) is 0.293. The van der Waals surface area contributed by atoms with E-state index < -0.39 is 0 Å². The van der Waals surface area contributed by atoms with Gasteiger partial charge in [0.1, 0.15) is 11.5 Å². The van der Waals surface area contributed by atoms with Crippen LogP contribution in [0.2, 0.25) is 5.02 Å². The molecule has 2 N–H and O–H groups in total. The van der Waals surface area contributed by atoms with Crippen molar-refractivity contribution in [3.8, 4) is 0 Å². The minimum Gasteiger partial charge on any atom is -0.370 e. The van der Waals surface area contributed by atoms with E-state index in [1.807, 2.05) is 6.92 Å². The third kappa shape index (κ3) is 4.08. The summed E-state index contributed by atoms with van der Waals surface area (Å²) in [6.45, 7) is 5.90. The Morgan fingerprint density at radius 1 is 1.52 bits per heavy atom. The Balaban J connectivity index is 2.04. The van der Waals surface area contributed by atoms with Gasteiger partial charge in [0.2, 0.25) is 0 Å². The van der Waals surface area contributed by atoms with Gasteiger partial charge < -0.3 is 15.5 Å². The lowest BCUT2D eigenvalue weighted by Crippen LogP contribution is -2.47. The molecule has 2 atom stereocenters. The van der Waals surface area contributed by atoms with E-state index in [1.54, 1.807) is 12.1 Å². The molecule has 0 radical (unpaired) electrons. The lowest BCUT2D eigenvalue weighted by atomic mass is 9.99. The van der Waals surface area contributed by atoms with E-state index in [0.29, 0.717) is 22.6 Å². The summed E-state index contributed by atoms with van der Waals surface area (Å²) in [6.07, 6.45) is 1.91. The zero-order chi connectivity index (χ0) is 15.4. The molecule has 1 amide bonds. The van der Waals surface area contributed by atoms with Gasteiger partial charge in [-0.1, -0.05) is 11.6 Å². The average molecular weight is 311 g/mol. The largest absolute Gasteiger partial charge is 0.370 e. The maximum atomic E-state index is 12.4. The zero-order valence-electron chi connectivity index (χ0n) is 12.8. The number of carbonyl (C=O) groups excluding carboxylic acids is 1. The number of carbonyl (C=O) groups is 1. The molecule has 1 aliphatic heterocycles. The first-order valence-electron chi connectivity index (χ1n) is 7.42. The standard InChI is InChI=1S/C15H23ClN4O/c1-4-17-13-6-5-12(16)14(19-13)15(21)18-11-7-8-20(3)10(2)9-11/h5-6,10-11H,4,7-9H2,1-3H3,(H,17,19)(H,18,21). The molecule has 0 aliphatic carbocycles. The molecule has 5 nitrogen and oxygen atoms in total. The van der Waals surface area contributed by atoms with Crippen molar-refractivity contribution in [3.63, 3.8) is 0 Å². The average Bonchev–Trinajstić information content (AvgIpc) is 2.45. The second-order valence-corrected chi connectivity index (χ2v) is 5.99. The minimum absolute atomic E-state index is 0.185. The van der Waals surface area contributed by atoms with Gasteiger partial charge in [0, 0.05) is 25.2 Å². The van der Waals surface area contributed by atoms with Crippen LogP contribution in [-0.2, 0) is 0 Å². The van der Waals surface area contributed by atoms with Crippen molar-refractivity contribution in [1.82, 2.24) is 15.2 Å². The summed E-state index contributed by atoms with van der Waals surface area (Å²) in [5.74, 6) is 0.477. The lowest BCUT2D eigenvalue weighted by molar-refractivity contribution is 0.0892. The van der Waals surface area contributed by atoms with Crippen molar-refractivity contribution in [2.45, 2.75) is 38.8 Å². The number of piperidine rings is 1. The van der Waals surface area contributed by atoms with Crippen molar-refractivity contribution < 1.29 is 4.79 Å². The smallest absolute Gasteiger partial charge is 0.271 e. The number of nitrogens with zero attached hydrogens (tertiary/aromatic N) is 2. The number of nitrogens with one attached hydrogen (secondary N) is 2. The van der Waals surface area contributed by atoms with Crippen LogP contribution < -0.4 is 10.6 Å². The Hall–Kier alpha value is -1.33. The van der Waals surface area contributed by atoms with Gasteiger partial charge in [0.05, 0.1) is 5.02 Å². The Morgan fingerprint density at radius 2 is 2.29 bits per heavy atom. The molecule has 2 heterocycles. The van der Waals surface area contributed by atoms with E-state index in [2.05, 4.69) is 34.5 Å². The van der Waals surface area contributed by atoms with Gasteiger partial charge in [-0.3, -0.25) is 4.79 Å². The van der Waals surface area contributed by atoms with Crippen LogP contribution in [0.15, 0.2) is 12.1 Å². The highest BCUT2D eigenvalue weighted by Crippen LogP contribution is 2.19. The third-order valence-corrected chi connectivity index (χ3v) is 4.27. The SMILES string of the molecule is CCNc1ccc(Cl)c(C(=O)NC2CCN(C)C(C)C2)n1. The first-order chi connectivity index (χ1) is 10.0. The van der Waals surface area contributed by atoms with E-state index in [1.165, 1.54) is 0 Å². The molecule has 6 heteroatoms. The van der Waals surface area contributed by atoms with Crippen molar-refractivity contribution in [2.75, 3.05) is 25.5 Å². The molecular formula is C15H23ClN4O. The fraction of sp³-hybridized carbons (Fsp3) is 0.600. The van der Waals surface area contributed by atoms with E-state index in [4.69, 9.17) is 11.6 Å². The highest BCUT2D eigenvalue weighted by atomic mass is 35.5. The molecule has 0 spiro atoms. The first kappa shape index (κ1) is 16.0. The highest BCUT2D eigenvalue weighted by molar-refractivity contribution is 6.33. The van der Waals surface area contributed by atoms with Crippen molar-refractivity contribution in [3.05, 3.63) is 22.8 Å². The van der Waals surface area contributed by atoms with Gasteiger partial charge >= 0.3 is 0 Å². The Morgan fingerprint density at radius 3 is 2.95 bits per heavy atom. The molecule has 1 aromatic heterocycles. The van der Waals surface area contributed by atoms with Gasteiger partial charge in [-0.05, 0) is 45.9 Å². The summed E-state index contributed by atoms with van der Waals surface area (Å²) < 4.78 is 0. The first-order valence-corrected chi connectivity index (χ1v) is 7.80. The number of likely N-dealkylation sites (tertiary alicyclic amines) is 1. The number of anilines is 1. The highest BCUT2D eigenvalue weighted by Gasteiger charge is 2.25. The fourth-order valence-corrected chi connectivity index (χ4v) is 2.75. The number of aromatic nitrogens is 1. The molecule has 21 heavy (non-hydrogen) atoms. The summed E-state index contributed by atoms with van der Waals surface area (Å²) >= 11 is 6.10. The molecular weight excluding hydrogens is 288 g/mol. The Bertz CT molecular complexity index is 508.